The van der Waals surface area contributed by atoms with Crippen LogP contribution in [0, 0.1) is 0 Å². The lowest BCUT2D eigenvalue weighted by molar-refractivity contribution is 0.0697. The molecule has 0 aliphatic rings. The number of carbonyl (C=O) groups is 1. The third-order valence-corrected chi connectivity index (χ3v) is 12.2. The first-order valence-electron chi connectivity index (χ1n) is 6.75. The lowest BCUT2D eigenvalue weighted by Crippen LogP contribution is -2.58. The van der Waals surface area contributed by atoms with Gasteiger partial charge in [0.15, 0.2) is 0 Å². The predicted molar refractivity (Wildman–Crippen MR) is 84.1 cm³/mol. The van der Waals surface area contributed by atoms with Crippen molar-refractivity contribution < 1.29 is 9.90 Å². The third kappa shape index (κ3) is 2.76. The maximum Gasteiger partial charge on any atom is 0.335 e. The molecule has 0 amide bonds. The van der Waals surface area contributed by atoms with Crippen molar-refractivity contribution in [3.05, 3.63) is 29.8 Å². The van der Waals surface area contributed by atoms with Gasteiger partial charge >= 0.3 is 5.97 Å². The SMILES string of the molecule is CC(C)(C)[Si](C)(c1ccc(C(=O)O)cc1)C(C)(C)C. The first kappa shape index (κ1) is 16.0. The van der Waals surface area contributed by atoms with E-state index in [0.29, 0.717) is 5.56 Å². The molecule has 0 unspecified atom stereocenters. The van der Waals surface area contributed by atoms with Gasteiger partial charge in [-0.1, -0.05) is 65.4 Å². The topological polar surface area (TPSA) is 37.3 Å². The van der Waals surface area contributed by atoms with Gasteiger partial charge in [-0.2, -0.15) is 0 Å². The largest absolute Gasteiger partial charge is 0.478 e. The highest BCUT2D eigenvalue weighted by atomic mass is 28.3. The van der Waals surface area contributed by atoms with Gasteiger partial charge in [-0.15, -0.1) is 0 Å². The molecule has 0 atom stereocenters. The Balaban J connectivity index is 3.40. The molecule has 1 aromatic carbocycles. The Hall–Kier alpha value is -1.09. The summed E-state index contributed by atoms with van der Waals surface area (Å²) in [6.07, 6.45) is 0. The van der Waals surface area contributed by atoms with Gasteiger partial charge in [-0.25, -0.2) is 4.79 Å². The van der Waals surface area contributed by atoms with Crippen LogP contribution in [0.1, 0.15) is 51.9 Å². The zero-order valence-corrected chi connectivity index (χ0v) is 14.2. The molecule has 19 heavy (non-hydrogen) atoms. The van der Waals surface area contributed by atoms with Crippen LogP contribution in [-0.2, 0) is 0 Å². The minimum atomic E-state index is -1.78. The molecule has 106 valence electrons. The summed E-state index contributed by atoms with van der Waals surface area (Å²) in [4.78, 5) is 11.0. The van der Waals surface area contributed by atoms with Gasteiger partial charge in [0.05, 0.1) is 13.6 Å². The van der Waals surface area contributed by atoms with Gasteiger partial charge in [0, 0.05) is 0 Å². The van der Waals surface area contributed by atoms with Crippen molar-refractivity contribution in [1.29, 1.82) is 0 Å². The average molecular weight is 278 g/mol. The zero-order chi connectivity index (χ0) is 15.1. The second-order valence-electron chi connectivity index (χ2n) is 7.51. The first-order valence-corrected chi connectivity index (χ1v) is 9.25. The van der Waals surface area contributed by atoms with Gasteiger partial charge in [0.25, 0.3) is 0 Å². The van der Waals surface area contributed by atoms with E-state index >= 15 is 0 Å². The lowest BCUT2D eigenvalue weighted by atomic mass is 10.2. The van der Waals surface area contributed by atoms with Crippen LogP contribution in [0.25, 0.3) is 0 Å². The smallest absolute Gasteiger partial charge is 0.335 e. The van der Waals surface area contributed by atoms with Crippen LogP contribution in [-0.4, -0.2) is 19.1 Å². The number of benzene rings is 1. The number of carboxylic acids is 1. The number of carboxylic acid groups (broad SMARTS) is 1. The highest BCUT2D eigenvalue weighted by Gasteiger charge is 2.49. The number of hydrogen-bond donors (Lipinski definition) is 1. The summed E-state index contributed by atoms with van der Waals surface area (Å²) in [5.41, 5.74) is 0.364. The molecule has 0 bridgehead atoms. The Bertz CT molecular complexity index is 447. The van der Waals surface area contributed by atoms with Crippen LogP contribution >= 0.6 is 0 Å². The van der Waals surface area contributed by atoms with Crippen molar-refractivity contribution >= 4 is 19.2 Å². The number of hydrogen-bond acceptors (Lipinski definition) is 1. The van der Waals surface area contributed by atoms with E-state index in [9.17, 15) is 4.79 Å². The Morgan fingerprint density at radius 1 is 0.947 bits per heavy atom. The van der Waals surface area contributed by atoms with E-state index in [1.165, 1.54) is 5.19 Å². The number of aromatic carboxylic acids is 1. The van der Waals surface area contributed by atoms with E-state index in [1.807, 2.05) is 12.1 Å². The maximum absolute atomic E-state index is 11.0. The molecule has 3 heteroatoms. The molecule has 0 saturated carbocycles. The molecule has 1 aromatic rings. The summed E-state index contributed by atoms with van der Waals surface area (Å²) in [5, 5.41) is 10.8. The van der Waals surface area contributed by atoms with Crippen LogP contribution in [0.4, 0.5) is 0 Å². The van der Waals surface area contributed by atoms with Crippen LogP contribution in [0.2, 0.25) is 16.6 Å². The van der Waals surface area contributed by atoms with Gasteiger partial charge in [-0.3, -0.25) is 0 Å². The Labute approximate surface area is 117 Å². The minimum absolute atomic E-state index is 0.218. The quantitative estimate of drug-likeness (QED) is 0.820. The van der Waals surface area contributed by atoms with Gasteiger partial charge < -0.3 is 5.11 Å². The summed E-state index contributed by atoms with van der Waals surface area (Å²) >= 11 is 0. The van der Waals surface area contributed by atoms with Crippen molar-refractivity contribution in [3.8, 4) is 0 Å². The standard InChI is InChI=1S/C16H26O2Si/c1-15(2,3)19(7,16(4,5)6)13-10-8-12(9-11-13)14(17)18/h8-11H,1-7H3,(H,17,18). The second kappa shape index (κ2) is 4.78. The molecule has 0 radical (unpaired) electrons. The third-order valence-electron chi connectivity index (χ3n) is 4.71. The van der Waals surface area contributed by atoms with E-state index in [0.717, 1.165) is 0 Å². The van der Waals surface area contributed by atoms with Crippen LogP contribution in [0.5, 0.6) is 0 Å². The maximum atomic E-state index is 11.0. The summed E-state index contributed by atoms with van der Waals surface area (Å²) < 4.78 is 0. The lowest BCUT2D eigenvalue weighted by Gasteiger charge is -2.50. The summed E-state index contributed by atoms with van der Waals surface area (Å²) in [6.45, 7) is 16.2. The van der Waals surface area contributed by atoms with Gasteiger partial charge in [0.2, 0.25) is 0 Å². The molecule has 0 aromatic heterocycles. The molecule has 0 aliphatic carbocycles. The van der Waals surface area contributed by atoms with Crippen LogP contribution < -0.4 is 5.19 Å². The van der Waals surface area contributed by atoms with E-state index in [-0.39, 0.29) is 10.1 Å². The van der Waals surface area contributed by atoms with Crippen molar-refractivity contribution in [2.75, 3.05) is 0 Å². The predicted octanol–water partition coefficient (Wildman–Crippen LogP) is 4.27. The highest BCUT2D eigenvalue weighted by Crippen LogP contribution is 2.50. The van der Waals surface area contributed by atoms with Crippen molar-refractivity contribution in [2.45, 2.75) is 58.2 Å². The van der Waals surface area contributed by atoms with E-state index in [2.05, 4.69) is 48.1 Å². The first-order chi connectivity index (χ1) is 8.41. The van der Waals surface area contributed by atoms with E-state index < -0.39 is 14.0 Å². The normalized spacial score (nSPS) is 13.4. The second-order valence-corrected chi connectivity index (χ2v) is 13.3. The Kier molecular flexibility index (Phi) is 4.02. The molecular weight excluding hydrogens is 252 g/mol. The van der Waals surface area contributed by atoms with Crippen molar-refractivity contribution in [2.24, 2.45) is 0 Å². The molecular formula is C16H26O2Si. The summed E-state index contributed by atoms with van der Waals surface area (Å²) in [5.74, 6) is -0.860. The Morgan fingerprint density at radius 2 is 1.32 bits per heavy atom. The fraction of sp³-hybridized carbons (Fsp3) is 0.562. The molecule has 0 heterocycles. The highest BCUT2D eigenvalue weighted by molar-refractivity contribution is 6.95. The van der Waals surface area contributed by atoms with Crippen molar-refractivity contribution in [1.82, 2.24) is 0 Å². The number of rotatable bonds is 2. The molecule has 0 aliphatic heterocycles. The van der Waals surface area contributed by atoms with Crippen LogP contribution in [0.3, 0.4) is 0 Å². The fourth-order valence-corrected chi connectivity index (χ4v) is 7.75. The van der Waals surface area contributed by atoms with Gasteiger partial charge in [-0.05, 0) is 22.2 Å². The average Bonchev–Trinajstić information content (AvgIpc) is 2.25. The van der Waals surface area contributed by atoms with E-state index in [1.54, 1.807) is 12.1 Å². The molecule has 0 fully saturated rings. The molecule has 2 nitrogen and oxygen atoms in total. The molecule has 0 saturated heterocycles. The fourth-order valence-electron chi connectivity index (χ4n) is 2.94. The van der Waals surface area contributed by atoms with Crippen LogP contribution in [0.15, 0.2) is 24.3 Å². The minimum Gasteiger partial charge on any atom is -0.478 e. The van der Waals surface area contributed by atoms with Gasteiger partial charge in [0.1, 0.15) is 0 Å². The van der Waals surface area contributed by atoms with E-state index in [4.69, 9.17) is 5.11 Å². The van der Waals surface area contributed by atoms with Crippen molar-refractivity contribution in [3.63, 3.8) is 0 Å². The molecule has 0 spiro atoms. The summed E-state index contributed by atoms with van der Waals surface area (Å²) in [7, 11) is -1.78. The zero-order valence-electron chi connectivity index (χ0n) is 13.2. The molecule has 1 N–H and O–H groups in total. The Morgan fingerprint density at radius 3 is 1.58 bits per heavy atom. The monoisotopic (exact) mass is 278 g/mol. The molecule has 1 rings (SSSR count). The summed E-state index contributed by atoms with van der Waals surface area (Å²) in [6, 6.07) is 7.51.